The van der Waals surface area contributed by atoms with E-state index in [-0.39, 0.29) is 5.91 Å². The molecule has 0 aliphatic rings. The van der Waals surface area contributed by atoms with E-state index in [0.29, 0.717) is 25.8 Å². The first-order chi connectivity index (χ1) is 9.40. The van der Waals surface area contributed by atoms with Crippen LogP contribution in [-0.4, -0.2) is 5.91 Å². The molecule has 0 radical (unpaired) electrons. The summed E-state index contributed by atoms with van der Waals surface area (Å²) in [6.45, 7) is 0. The molecule has 0 aromatic heterocycles. The standard InChI is InChI=1S/C13H6Br2Cl2INO/c14-8-2-1-6(18)5-7(8)13(20)19-10-4-3-9(15)11(16)12(10)17/h1-5H,(H,19,20). The molecule has 2 aromatic rings. The Labute approximate surface area is 156 Å². The summed E-state index contributed by atoms with van der Waals surface area (Å²) in [6.07, 6.45) is 0. The molecule has 0 spiro atoms. The number of hydrogen-bond donors (Lipinski definition) is 1. The zero-order valence-corrected chi connectivity index (χ0v) is 16.5. The third-order valence-electron chi connectivity index (χ3n) is 2.46. The Balaban J connectivity index is 2.33. The Morgan fingerprint density at radius 3 is 2.40 bits per heavy atom. The van der Waals surface area contributed by atoms with Crippen molar-refractivity contribution in [1.29, 1.82) is 0 Å². The van der Waals surface area contributed by atoms with Gasteiger partial charge in [0.05, 0.1) is 21.3 Å². The summed E-state index contributed by atoms with van der Waals surface area (Å²) in [5.74, 6) is -0.254. The number of benzene rings is 2. The maximum absolute atomic E-state index is 12.3. The maximum atomic E-state index is 12.3. The number of amides is 1. The molecule has 7 heteroatoms. The average Bonchev–Trinajstić information content (AvgIpc) is 2.42. The Hall–Kier alpha value is 0.180. The number of carbonyl (C=O) groups excluding carboxylic acids is 1. The summed E-state index contributed by atoms with van der Waals surface area (Å²) in [6, 6.07) is 8.94. The van der Waals surface area contributed by atoms with Gasteiger partial charge in [-0.25, -0.2) is 0 Å². The van der Waals surface area contributed by atoms with Crippen molar-refractivity contribution in [2.75, 3.05) is 5.32 Å². The third-order valence-corrected chi connectivity index (χ3v) is 5.59. The average molecular weight is 550 g/mol. The first-order valence-electron chi connectivity index (χ1n) is 5.30. The molecule has 2 aromatic carbocycles. The molecule has 0 heterocycles. The van der Waals surface area contributed by atoms with Crippen molar-refractivity contribution in [2.45, 2.75) is 0 Å². The van der Waals surface area contributed by atoms with E-state index in [9.17, 15) is 4.79 Å². The van der Waals surface area contributed by atoms with Crippen LogP contribution in [0.2, 0.25) is 10.0 Å². The fourth-order valence-corrected chi connectivity index (χ4v) is 3.22. The second-order valence-electron chi connectivity index (χ2n) is 3.80. The number of halogens is 5. The number of carbonyl (C=O) groups is 1. The van der Waals surface area contributed by atoms with Gasteiger partial charge in [-0.15, -0.1) is 0 Å². The zero-order chi connectivity index (χ0) is 14.9. The van der Waals surface area contributed by atoms with Crippen LogP contribution in [0.25, 0.3) is 0 Å². The minimum atomic E-state index is -0.254. The van der Waals surface area contributed by atoms with Crippen LogP contribution in [0.5, 0.6) is 0 Å². The van der Waals surface area contributed by atoms with E-state index in [1.807, 2.05) is 12.1 Å². The van der Waals surface area contributed by atoms with E-state index in [1.165, 1.54) is 0 Å². The van der Waals surface area contributed by atoms with Crippen LogP contribution in [0.15, 0.2) is 39.3 Å². The second kappa shape index (κ2) is 6.96. The van der Waals surface area contributed by atoms with Crippen LogP contribution in [0.1, 0.15) is 10.4 Å². The Kier molecular flexibility index (Phi) is 5.76. The number of nitrogens with one attached hydrogen (secondary N) is 1. The van der Waals surface area contributed by atoms with Gasteiger partial charge in [0.1, 0.15) is 0 Å². The molecule has 0 unspecified atom stereocenters. The van der Waals surface area contributed by atoms with Crippen molar-refractivity contribution < 1.29 is 4.79 Å². The largest absolute Gasteiger partial charge is 0.321 e. The molecule has 0 aliphatic carbocycles. The van der Waals surface area contributed by atoms with Gasteiger partial charge in [-0.05, 0) is 84.8 Å². The summed E-state index contributed by atoms with van der Waals surface area (Å²) in [5.41, 5.74) is 1.00. The highest BCUT2D eigenvalue weighted by Gasteiger charge is 2.14. The van der Waals surface area contributed by atoms with Crippen molar-refractivity contribution in [1.82, 2.24) is 0 Å². The Bertz CT molecular complexity index is 694. The predicted molar refractivity (Wildman–Crippen MR) is 99.0 cm³/mol. The Morgan fingerprint density at radius 1 is 1.05 bits per heavy atom. The normalized spacial score (nSPS) is 10.4. The van der Waals surface area contributed by atoms with Crippen LogP contribution in [0.3, 0.4) is 0 Å². The van der Waals surface area contributed by atoms with Crippen molar-refractivity contribution in [2.24, 2.45) is 0 Å². The molecule has 104 valence electrons. The van der Waals surface area contributed by atoms with E-state index in [2.05, 4.69) is 59.8 Å². The number of rotatable bonds is 2. The Morgan fingerprint density at radius 2 is 1.70 bits per heavy atom. The summed E-state index contributed by atoms with van der Waals surface area (Å²) in [7, 11) is 0. The van der Waals surface area contributed by atoms with Gasteiger partial charge in [0.25, 0.3) is 5.91 Å². The molecule has 0 fully saturated rings. The van der Waals surface area contributed by atoms with E-state index in [0.717, 1.165) is 8.04 Å². The minimum absolute atomic E-state index is 0.254. The van der Waals surface area contributed by atoms with Gasteiger partial charge in [-0.3, -0.25) is 4.79 Å². The topological polar surface area (TPSA) is 29.1 Å². The lowest BCUT2D eigenvalue weighted by molar-refractivity contribution is 0.102. The summed E-state index contributed by atoms with van der Waals surface area (Å²) in [4.78, 5) is 12.3. The predicted octanol–water partition coefficient (Wildman–Crippen LogP) is 6.38. The SMILES string of the molecule is O=C(Nc1ccc(Br)c(Cl)c1Cl)c1cc(I)ccc1Br. The minimum Gasteiger partial charge on any atom is -0.321 e. The molecule has 20 heavy (non-hydrogen) atoms. The monoisotopic (exact) mass is 547 g/mol. The van der Waals surface area contributed by atoms with Gasteiger partial charge >= 0.3 is 0 Å². The summed E-state index contributed by atoms with van der Waals surface area (Å²) < 4.78 is 2.36. The maximum Gasteiger partial charge on any atom is 0.256 e. The van der Waals surface area contributed by atoms with Crippen molar-refractivity contribution in [3.63, 3.8) is 0 Å². The first kappa shape index (κ1) is 16.5. The molecule has 1 N–H and O–H groups in total. The van der Waals surface area contributed by atoms with Crippen molar-refractivity contribution in [3.05, 3.63) is 58.5 Å². The molecular weight excluding hydrogens is 544 g/mol. The highest BCUT2D eigenvalue weighted by Crippen LogP contribution is 2.36. The lowest BCUT2D eigenvalue weighted by Gasteiger charge is -2.10. The molecule has 0 saturated heterocycles. The van der Waals surface area contributed by atoms with Crippen LogP contribution in [0.4, 0.5) is 5.69 Å². The fourth-order valence-electron chi connectivity index (χ4n) is 1.48. The van der Waals surface area contributed by atoms with Gasteiger partial charge in [0, 0.05) is 12.5 Å². The first-order valence-corrected chi connectivity index (χ1v) is 8.72. The van der Waals surface area contributed by atoms with Gasteiger partial charge in [0.2, 0.25) is 0 Å². The lowest BCUT2D eigenvalue weighted by atomic mass is 10.2. The lowest BCUT2D eigenvalue weighted by Crippen LogP contribution is -2.13. The number of hydrogen-bond acceptors (Lipinski definition) is 1. The van der Waals surface area contributed by atoms with Crippen LogP contribution >= 0.6 is 77.7 Å². The molecule has 0 aliphatic heterocycles. The van der Waals surface area contributed by atoms with Gasteiger partial charge in [-0.2, -0.15) is 0 Å². The van der Waals surface area contributed by atoms with Crippen molar-refractivity contribution in [3.8, 4) is 0 Å². The summed E-state index contributed by atoms with van der Waals surface area (Å²) in [5, 5.41) is 3.42. The zero-order valence-electron chi connectivity index (χ0n) is 9.68. The molecule has 1 amide bonds. The smallest absolute Gasteiger partial charge is 0.256 e. The van der Waals surface area contributed by atoms with Crippen LogP contribution in [0, 0.1) is 3.57 Å². The highest BCUT2D eigenvalue weighted by atomic mass is 127. The quantitative estimate of drug-likeness (QED) is 0.342. The van der Waals surface area contributed by atoms with Gasteiger partial charge in [-0.1, -0.05) is 23.2 Å². The molecule has 0 saturated carbocycles. The highest BCUT2D eigenvalue weighted by molar-refractivity contribution is 14.1. The molecule has 2 nitrogen and oxygen atoms in total. The van der Waals surface area contributed by atoms with Crippen molar-refractivity contribution >= 4 is 89.2 Å². The van der Waals surface area contributed by atoms with E-state index >= 15 is 0 Å². The second-order valence-corrected chi connectivity index (χ2v) is 7.51. The van der Waals surface area contributed by atoms with E-state index in [4.69, 9.17) is 23.2 Å². The van der Waals surface area contributed by atoms with Gasteiger partial charge < -0.3 is 5.32 Å². The fraction of sp³-hybridized carbons (Fsp3) is 0. The number of anilines is 1. The summed E-state index contributed by atoms with van der Waals surface area (Å²) >= 11 is 20.9. The molecule has 2 rings (SSSR count). The third kappa shape index (κ3) is 3.68. The van der Waals surface area contributed by atoms with E-state index < -0.39 is 0 Å². The molecule has 0 atom stereocenters. The van der Waals surface area contributed by atoms with Crippen LogP contribution < -0.4 is 5.32 Å². The molecule has 0 bridgehead atoms. The van der Waals surface area contributed by atoms with Crippen LogP contribution in [-0.2, 0) is 0 Å². The van der Waals surface area contributed by atoms with Gasteiger partial charge in [0.15, 0.2) is 0 Å². The molecular formula is C13H6Br2Cl2INO. The van der Waals surface area contributed by atoms with E-state index in [1.54, 1.807) is 18.2 Å².